The summed E-state index contributed by atoms with van der Waals surface area (Å²) in [7, 11) is 0. The van der Waals surface area contributed by atoms with E-state index in [9.17, 15) is 4.79 Å². The lowest BCUT2D eigenvalue weighted by Gasteiger charge is -2.26. The second kappa shape index (κ2) is 7.09. The maximum atomic E-state index is 12.2. The Morgan fingerprint density at radius 2 is 2.27 bits per heavy atom. The fraction of sp³-hybridized carbons (Fsp3) is 0.765. The minimum absolute atomic E-state index is 0.00276. The van der Waals surface area contributed by atoms with E-state index in [-0.39, 0.29) is 24.7 Å². The highest BCUT2D eigenvalue weighted by Crippen LogP contribution is 2.41. The molecule has 1 amide bonds. The molecule has 2 aliphatic rings. The lowest BCUT2D eigenvalue weighted by Crippen LogP contribution is -2.34. The van der Waals surface area contributed by atoms with Crippen molar-refractivity contribution in [1.82, 2.24) is 10.3 Å². The number of nitrogens with zero attached hydrogens (tertiary/aromatic N) is 1. The van der Waals surface area contributed by atoms with Gasteiger partial charge in [-0.2, -0.15) is 0 Å². The summed E-state index contributed by atoms with van der Waals surface area (Å²) >= 11 is 1.65. The molecular weight excluding hydrogens is 296 g/mol. The molecule has 0 aliphatic heterocycles. The smallest absolute Gasteiger partial charge is 0.246 e. The van der Waals surface area contributed by atoms with Crippen LogP contribution in [0.5, 0.6) is 0 Å². The predicted molar refractivity (Wildman–Crippen MR) is 87.8 cm³/mol. The zero-order chi connectivity index (χ0) is 15.5. The molecule has 0 saturated heterocycles. The molecule has 3 unspecified atom stereocenters. The molecule has 122 valence electrons. The van der Waals surface area contributed by atoms with Gasteiger partial charge < -0.3 is 10.1 Å². The minimum atomic E-state index is 0.00276. The number of aryl methyl sites for hydroxylation is 1. The highest BCUT2D eigenvalue weighted by molar-refractivity contribution is 7.09. The largest absolute Gasteiger partial charge is 0.368 e. The molecular formula is C17H26N2O2S. The van der Waals surface area contributed by atoms with Gasteiger partial charge >= 0.3 is 0 Å². The summed E-state index contributed by atoms with van der Waals surface area (Å²) in [5.41, 5.74) is 1.03. The molecule has 5 heteroatoms. The zero-order valence-corrected chi connectivity index (χ0v) is 14.3. The van der Waals surface area contributed by atoms with E-state index < -0.39 is 0 Å². The van der Waals surface area contributed by atoms with Crippen LogP contribution in [0, 0.1) is 18.8 Å². The third-order valence-electron chi connectivity index (χ3n) is 4.65. The highest BCUT2D eigenvalue weighted by atomic mass is 32.1. The number of rotatable bonds is 6. The molecule has 1 N–H and O–H groups in total. The zero-order valence-electron chi connectivity index (χ0n) is 13.5. The van der Waals surface area contributed by atoms with Gasteiger partial charge in [0.25, 0.3) is 0 Å². The summed E-state index contributed by atoms with van der Waals surface area (Å²) in [6, 6.07) is 0.0834. The van der Waals surface area contributed by atoms with Gasteiger partial charge in [-0.25, -0.2) is 4.98 Å². The van der Waals surface area contributed by atoms with E-state index in [0.29, 0.717) is 5.92 Å². The molecule has 0 spiro atoms. The topological polar surface area (TPSA) is 51.2 Å². The first-order chi connectivity index (χ1) is 10.6. The summed E-state index contributed by atoms with van der Waals surface area (Å²) in [5, 5.41) is 6.24. The first-order valence-corrected chi connectivity index (χ1v) is 9.32. The van der Waals surface area contributed by atoms with Crippen LogP contribution in [0.1, 0.15) is 62.2 Å². The summed E-state index contributed by atoms with van der Waals surface area (Å²) in [6.07, 6.45) is 7.32. The minimum Gasteiger partial charge on any atom is -0.368 e. The van der Waals surface area contributed by atoms with Crippen LogP contribution in [0.4, 0.5) is 0 Å². The average Bonchev–Trinajstić information content (AvgIpc) is 3.24. The second-order valence-corrected chi connectivity index (χ2v) is 7.80. The molecule has 4 nitrogen and oxygen atoms in total. The highest BCUT2D eigenvalue weighted by Gasteiger charge is 2.35. The fourth-order valence-corrected chi connectivity index (χ4v) is 4.20. The SMILES string of the molecule is Cc1csc(C(NC(=O)COC2CCCC(C)C2)C2CC2)n1. The van der Waals surface area contributed by atoms with Crippen LogP contribution >= 0.6 is 11.3 Å². The molecule has 0 aromatic carbocycles. The van der Waals surface area contributed by atoms with Crippen molar-refractivity contribution in [1.29, 1.82) is 0 Å². The molecule has 3 rings (SSSR count). The number of hydrogen-bond donors (Lipinski definition) is 1. The van der Waals surface area contributed by atoms with Crippen LogP contribution in [0.25, 0.3) is 0 Å². The molecule has 2 aliphatic carbocycles. The normalized spacial score (nSPS) is 26.6. The molecule has 0 radical (unpaired) electrons. The first-order valence-electron chi connectivity index (χ1n) is 8.45. The van der Waals surface area contributed by atoms with Gasteiger partial charge in [0.15, 0.2) is 0 Å². The number of hydrogen-bond acceptors (Lipinski definition) is 4. The van der Waals surface area contributed by atoms with Gasteiger partial charge in [0.2, 0.25) is 5.91 Å². The Bertz CT molecular complexity index is 513. The van der Waals surface area contributed by atoms with Crippen LogP contribution in [-0.2, 0) is 9.53 Å². The quantitative estimate of drug-likeness (QED) is 0.870. The maximum absolute atomic E-state index is 12.2. The molecule has 2 fully saturated rings. The number of carbonyl (C=O) groups is 1. The van der Waals surface area contributed by atoms with Crippen molar-refractivity contribution in [3.05, 3.63) is 16.1 Å². The molecule has 3 atom stereocenters. The number of carbonyl (C=O) groups excluding carboxylic acids is 1. The van der Waals surface area contributed by atoms with Crippen LogP contribution in [0.3, 0.4) is 0 Å². The summed E-state index contributed by atoms with van der Waals surface area (Å²) in [6.45, 7) is 4.45. The van der Waals surface area contributed by atoms with E-state index >= 15 is 0 Å². The van der Waals surface area contributed by atoms with Gasteiger partial charge in [0, 0.05) is 11.1 Å². The number of ether oxygens (including phenoxy) is 1. The van der Waals surface area contributed by atoms with E-state index in [0.717, 1.165) is 29.5 Å². The van der Waals surface area contributed by atoms with Crippen molar-refractivity contribution in [2.24, 2.45) is 11.8 Å². The molecule has 1 aromatic rings. The average molecular weight is 322 g/mol. The molecule has 1 aromatic heterocycles. The van der Waals surface area contributed by atoms with E-state index in [1.165, 1.54) is 25.7 Å². The monoisotopic (exact) mass is 322 g/mol. The molecule has 0 bridgehead atoms. The van der Waals surface area contributed by atoms with E-state index in [4.69, 9.17) is 4.74 Å². The number of aromatic nitrogens is 1. The van der Waals surface area contributed by atoms with Gasteiger partial charge in [-0.05, 0) is 44.4 Å². The Kier molecular flexibility index (Phi) is 5.14. The van der Waals surface area contributed by atoms with Crippen molar-refractivity contribution in [2.75, 3.05) is 6.61 Å². The third-order valence-corrected chi connectivity index (χ3v) is 5.70. The fourth-order valence-electron chi connectivity index (χ4n) is 3.26. The Morgan fingerprint density at radius 3 is 2.91 bits per heavy atom. The van der Waals surface area contributed by atoms with E-state index in [1.54, 1.807) is 11.3 Å². The Hall–Kier alpha value is -0.940. The van der Waals surface area contributed by atoms with Gasteiger partial charge in [-0.15, -0.1) is 11.3 Å². The van der Waals surface area contributed by atoms with Crippen molar-refractivity contribution < 1.29 is 9.53 Å². The number of nitrogens with one attached hydrogen (secondary N) is 1. The predicted octanol–water partition coefficient (Wildman–Crippen LogP) is 3.61. The van der Waals surface area contributed by atoms with Crippen LogP contribution in [0.2, 0.25) is 0 Å². The summed E-state index contributed by atoms with van der Waals surface area (Å²) in [4.78, 5) is 16.8. The number of thiazole rings is 1. The Morgan fingerprint density at radius 1 is 1.45 bits per heavy atom. The molecule has 2 saturated carbocycles. The van der Waals surface area contributed by atoms with Gasteiger partial charge in [-0.3, -0.25) is 4.79 Å². The Labute approximate surface area is 136 Å². The van der Waals surface area contributed by atoms with Crippen LogP contribution < -0.4 is 5.32 Å². The van der Waals surface area contributed by atoms with Crippen molar-refractivity contribution in [3.8, 4) is 0 Å². The molecule has 22 heavy (non-hydrogen) atoms. The van der Waals surface area contributed by atoms with Crippen LogP contribution in [0.15, 0.2) is 5.38 Å². The van der Waals surface area contributed by atoms with E-state index in [1.807, 2.05) is 6.92 Å². The van der Waals surface area contributed by atoms with Gasteiger partial charge in [0.05, 0.1) is 12.1 Å². The second-order valence-electron chi connectivity index (χ2n) is 6.91. The standard InChI is InChI=1S/C17H26N2O2S/c1-11-4-3-5-14(8-11)21-9-15(20)19-16(13-6-7-13)17-18-12(2)10-22-17/h10-11,13-14,16H,3-9H2,1-2H3,(H,19,20). The van der Waals surface area contributed by atoms with Crippen LogP contribution in [-0.4, -0.2) is 23.6 Å². The first kappa shape index (κ1) is 15.9. The summed E-state index contributed by atoms with van der Waals surface area (Å²) < 4.78 is 5.83. The lowest BCUT2D eigenvalue weighted by atomic mass is 9.89. The molecule has 1 heterocycles. The van der Waals surface area contributed by atoms with Crippen molar-refractivity contribution >= 4 is 17.2 Å². The number of amides is 1. The lowest BCUT2D eigenvalue weighted by molar-refractivity contribution is -0.129. The summed E-state index contributed by atoms with van der Waals surface area (Å²) in [5.74, 6) is 1.28. The van der Waals surface area contributed by atoms with Gasteiger partial charge in [0.1, 0.15) is 11.6 Å². The third kappa shape index (κ3) is 4.29. The maximum Gasteiger partial charge on any atom is 0.246 e. The van der Waals surface area contributed by atoms with Crippen molar-refractivity contribution in [3.63, 3.8) is 0 Å². The van der Waals surface area contributed by atoms with Gasteiger partial charge in [-0.1, -0.05) is 19.8 Å². The van der Waals surface area contributed by atoms with E-state index in [2.05, 4.69) is 22.6 Å². The van der Waals surface area contributed by atoms with Crippen molar-refractivity contribution in [2.45, 2.75) is 64.5 Å². The Balaban J connectivity index is 1.49.